The SMILES string of the molecule is COc1c(Br)cc(C[C@@H](C(=O)O)[N+](C)(C)C)cc1Br. The van der Waals surface area contributed by atoms with Crippen molar-refractivity contribution in [3.05, 3.63) is 26.6 Å². The van der Waals surface area contributed by atoms with Gasteiger partial charge in [0, 0.05) is 6.42 Å². The van der Waals surface area contributed by atoms with Gasteiger partial charge in [0.2, 0.25) is 0 Å². The molecule has 0 fully saturated rings. The van der Waals surface area contributed by atoms with Crippen LogP contribution in [0.25, 0.3) is 0 Å². The number of ether oxygens (including phenoxy) is 1. The Kier molecular flexibility index (Phi) is 5.41. The van der Waals surface area contributed by atoms with Crippen LogP contribution in [0, 0.1) is 0 Å². The van der Waals surface area contributed by atoms with E-state index in [1.807, 2.05) is 33.3 Å². The Bertz CT molecular complexity index is 460. The number of benzene rings is 1. The van der Waals surface area contributed by atoms with Crippen molar-refractivity contribution in [2.45, 2.75) is 12.5 Å². The number of nitrogens with zero attached hydrogens (tertiary/aromatic N) is 1. The Hall–Kier alpha value is -0.590. The molecular weight excluding hydrogens is 378 g/mol. The number of rotatable bonds is 5. The Balaban J connectivity index is 3.08. The van der Waals surface area contributed by atoms with Gasteiger partial charge in [0.25, 0.3) is 0 Å². The standard InChI is InChI=1S/C13H17Br2NO3/c1-16(2,3)11(13(17)18)7-8-5-9(14)12(19-4)10(15)6-8/h5-6,11H,7H2,1-4H3/p+1/t11-/m0/s1. The third kappa shape index (κ3) is 4.19. The van der Waals surface area contributed by atoms with Crippen molar-refractivity contribution in [1.29, 1.82) is 0 Å². The van der Waals surface area contributed by atoms with Crippen molar-refractivity contribution in [2.75, 3.05) is 28.3 Å². The van der Waals surface area contributed by atoms with Crippen molar-refractivity contribution < 1.29 is 19.1 Å². The van der Waals surface area contributed by atoms with Crippen LogP contribution in [0.15, 0.2) is 21.1 Å². The smallest absolute Gasteiger partial charge is 0.362 e. The van der Waals surface area contributed by atoms with Crippen LogP contribution in [-0.2, 0) is 11.2 Å². The Labute approximate surface area is 130 Å². The van der Waals surface area contributed by atoms with Crippen LogP contribution < -0.4 is 4.74 Å². The number of methoxy groups -OCH3 is 1. The summed E-state index contributed by atoms with van der Waals surface area (Å²) in [6.45, 7) is 0. The summed E-state index contributed by atoms with van der Waals surface area (Å²) in [6, 6.07) is 3.30. The van der Waals surface area contributed by atoms with Gasteiger partial charge < -0.3 is 14.3 Å². The summed E-state index contributed by atoms with van der Waals surface area (Å²) in [5.41, 5.74) is 0.944. The molecule has 0 heterocycles. The lowest BCUT2D eigenvalue weighted by atomic mass is 10.0. The minimum Gasteiger partial charge on any atom is -0.494 e. The molecule has 0 bridgehead atoms. The average molecular weight is 396 g/mol. The molecule has 0 saturated carbocycles. The number of halogens is 2. The number of carbonyl (C=O) groups is 1. The molecule has 0 radical (unpaired) electrons. The number of carboxylic acids is 1. The molecule has 1 N–H and O–H groups in total. The molecule has 6 heteroatoms. The summed E-state index contributed by atoms with van der Waals surface area (Å²) in [6.07, 6.45) is 0.458. The van der Waals surface area contributed by atoms with E-state index in [0.29, 0.717) is 16.7 Å². The Morgan fingerprint density at radius 1 is 1.32 bits per heavy atom. The van der Waals surface area contributed by atoms with Gasteiger partial charge in [0.15, 0.2) is 6.04 Å². The molecule has 106 valence electrons. The van der Waals surface area contributed by atoms with E-state index in [1.165, 1.54) is 0 Å². The van der Waals surface area contributed by atoms with Crippen LogP contribution >= 0.6 is 31.9 Å². The number of hydrogen-bond donors (Lipinski definition) is 1. The zero-order chi connectivity index (χ0) is 14.8. The summed E-state index contributed by atoms with van der Waals surface area (Å²) >= 11 is 6.86. The quantitative estimate of drug-likeness (QED) is 0.779. The first kappa shape index (κ1) is 16.5. The van der Waals surface area contributed by atoms with Gasteiger partial charge in [0.05, 0.1) is 37.2 Å². The minimum absolute atomic E-state index is 0.372. The topological polar surface area (TPSA) is 46.5 Å². The highest BCUT2D eigenvalue weighted by atomic mass is 79.9. The predicted octanol–water partition coefficient (Wildman–Crippen LogP) is 2.92. The normalized spacial score (nSPS) is 13.2. The van der Waals surface area contributed by atoms with Gasteiger partial charge in [-0.1, -0.05) is 0 Å². The molecule has 0 amide bonds. The second kappa shape index (κ2) is 6.24. The summed E-state index contributed by atoms with van der Waals surface area (Å²) in [5.74, 6) is -0.0866. The molecular formula is C13H18Br2NO3+. The van der Waals surface area contributed by atoms with Gasteiger partial charge in [-0.3, -0.25) is 0 Å². The highest BCUT2D eigenvalue weighted by molar-refractivity contribution is 9.11. The van der Waals surface area contributed by atoms with E-state index < -0.39 is 12.0 Å². The van der Waals surface area contributed by atoms with E-state index in [9.17, 15) is 9.90 Å². The van der Waals surface area contributed by atoms with Crippen molar-refractivity contribution in [3.8, 4) is 5.75 Å². The van der Waals surface area contributed by atoms with Crippen molar-refractivity contribution in [1.82, 2.24) is 0 Å². The molecule has 4 nitrogen and oxygen atoms in total. The summed E-state index contributed by atoms with van der Waals surface area (Å²) < 4.78 is 7.23. The fourth-order valence-corrected chi connectivity index (χ4v) is 3.45. The molecule has 1 aromatic rings. The largest absolute Gasteiger partial charge is 0.494 e. The number of likely N-dealkylation sites (N-methyl/N-ethyl adjacent to an activating group) is 1. The van der Waals surface area contributed by atoms with Gasteiger partial charge >= 0.3 is 5.97 Å². The molecule has 0 spiro atoms. The second-order valence-corrected chi connectivity index (χ2v) is 6.98. The highest BCUT2D eigenvalue weighted by Gasteiger charge is 2.31. The van der Waals surface area contributed by atoms with Crippen LogP contribution in [0.2, 0.25) is 0 Å². The predicted molar refractivity (Wildman–Crippen MR) is 81.6 cm³/mol. The van der Waals surface area contributed by atoms with Crippen LogP contribution in [0.1, 0.15) is 5.56 Å². The highest BCUT2D eigenvalue weighted by Crippen LogP contribution is 2.35. The van der Waals surface area contributed by atoms with Crippen molar-refractivity contribution in [3.63, 3.8) is 0 Å². The number of aliphatic carboxylic acids is 1. The zero-order valence-corrected chi connectivity index (χ0v) is 14.6. The first-order valence-corrected chi connectivity index (χ1v) is 7.31. The first-order valence-electron chi connectivity index (χ1n) is 5.72. The van der Waals surface area contributed by atoms with Crippen LogP contribution in [-0.4, -0.2) is 49.9 Å². The van der Waals surface area contributed by atoms with Gasteiger partial charge in [-0.05, 0) is 49.6 Å². The van der Waals surface area contributed by atoms with E-state index in [0.717, 1.165) is 14.5 Å². The molecule has 1 aromatic carbocycles. The van der Waals surface area contributed by atoms with E-state index in [-0.39, 0.29) is 0 Å². The summed E-state index contributed by atoms with van der Waals surface area (Å²) in [5, 5.41) is 9.35. The molecule has 0 aliphatic rings. The third-order valence-corrected chi connectivity index (χ3v) is 4.09. The van der Waals surface area contributed by atoms with Crippen molar-refractivity contribution in [2.24, 2.45) is 0 Å². The number of carboxylic acid groups (broad SMARTS) is 1. The minimum atomic E-state index is -0.796. The molecule has 0 aliphatic heterocycles. The fourth-order valence-electron chi connectivity index (χ4n) is 1.84. The van der Waals surface area contributed by atoms with E-state index in [4.69, 9.17) is 4.74 Å². The number of quaternary nitrogens is 1. The molecule has 1 atom stereocenters. The molecule has 19 heavy (non-hydrogen) atoms. The van der Waals surface area contributed by atoms with Crippen LogP contribution in [0.3, 0.4) is 0 Å². The van der Waals surface area contributed by atoms with E-state index in [2.05, 4.69) is 31.9 Å². The lowest BCUT2D eigenvalue weighted by Gasteiger charge is -2.31. The summed E-state index contributed by atoms with van der Waals surface area (Å²) in [4.78, 5) is 11.4. The van der Waals surface area contributed by atoms with E-state index >= 15 is 0 Å². The lowest BCUT2D eigenvalue weighted by molar-refractivity contribution is -0.887. The molecule has 0 unspecified atom stereocenters. The zero-order valence-electron chi connectivity index (χ0n) is 11.4. The van der Waals surface area contributed by atoms with Gasteiger partial charge in [0.1, 0.15) is 5.75 Å². The lowest BCUT2D eigenvalue weighted by Crippen LogP contribution is -2.51. The Morgan fingerprint density at radius 2 is 1.79 bits per heavy atom. The monoisotopic (exact) mass is 394 g/mol. The Morgan fingerprint density at radius 3 is 2.11 bits per heavy atom. The maximum atomic E-state index is 11.4. The van der Waals surface area contributed by atoms with Crippen LogP contribution in [0.5, 0.6) is 5.75 Å². The van der Waals surface area contributed by atoms with E-state index in [1.54, 1.807) is 7.11 Å². The molecule has 1 rings (SSSR count). The maximum absolute atomic E-state index is 11.4. The average Bonchev–Trinajstić information content (AvgIpc) is 2.23. The molecule has 0 saturated heterocycles. The third-order valence-electron chi connectivity index (χ3n) is 2.91. The molecule has 0 aromatic heterocycles. The second-order valence-electron chi connectivity index (χ2n) is 5.27. The van der Waals surface area contributed by atoms with Gasteiger partial charge in [-0.25, -0.2) is 4.79 Å². The van der Waals surface area contributed by atoms with Crippen molar-refractivity contribution >= 4 is 37.8 Å². The maximum Gasteiger partial charge on any atom is 0.362 e. The van der Waals surface area contributed by atoms with Gasteiger partial charge in [-0.2, -0.15) is 0 Å². The van der Waals surface area contributed by atoms with Crippen LogP contribution in [0.4, 0.5) is 0 Å². The van der Waals surface area contributed by atoms with Gasteiger partial charge in [-0.15, -0.1) is 0 Å². The first-order chi connectivity index (χ1) is 8.66. The fraction of sp³-hybridized carbons (Fsp3) is 0.462. The molecule has 0 aliphatic carbocycles. The number of hydrogen-bond acceptors (Lipinski definition) is 2. The summed E-state index contributed by atoms with van der Waals surface area (Å²) in [7, 11) is 7.24.